The molecule has 1 heterocycles. The summed E-state index contributed by atoms with van der Waals surface area (Å²) in [6, 6.07) is 5.94. The second-order valence-corrected chi connectivity index (χ2v) is 12.3. The van der Waals surface area contributed by atoms with Crippen molar-refractivity contribution in [3.8, 4) is 16.9 Å². The predicted octanol–water partition coefficient (Wildman–Crippen LogP) is 1.46. The molecule has 0 saturated heterocycles. The molecule has 1 aromatic carbocycles. The third-order valence-corrected chi connectivity index (χ3v) is 6.31. The molecule has 1 atom stereocenters. The molecule has 0 saturated carbocycles. The number of carbonyl (C=O) groups excluding carboxylic acids is 2. The molecular formula is C29H43N3O12S. The highest BCUT2D eigenvalue weighted by atomic mass is 32.2. The molecule has 0 aliphatic rings. The van der Waals surface area contributed by atoms with Crippen molar-refractivity contribution in [3.63, 3.8) is 0 Å². The van der Waals surface area contributed by atoms with Crippen LogP contribution in [0.15, 0.2) is 35.3 Å². The van der Waals surface area contributed by atoms with Crippen LogP contribution in [0.2, 0.25) is 0 Å². The van der Waals surface area contributed by atoms with Crippen LogP contribution >= 0.6 is 0 Å². The second-order valence-electron chi connectivity index (χ2n) is 10.6. The number of nitrogens with one attached hydrogen (secondary N) is 1. The first-order valence-electron chi connectivity index (χ1n) is 14.1. The van der Waals surface area contributed by atoms with Crippen molar-refractivity contribution in [2.45, 2.75) is 38.8 Å². The van der Waals surface area contributed by atoms with Crippen LogP contribution in [-0.4, -0.2) is 108 Å². The molecule has 0 spiro atoms. The highest BCUT2D eigenvalue weighted by Gasteiger charge is 2.25. The van der Waals surface area contributed by atoms with Gasteiger partial charge in [-0.3, -0.25) is 8.98 Å². The number of rotatable bonds is 19. The Kier molecular flexibility index (Phi) is 15.4. The van der Waals surface area contributed by atoms with Gasteiger partial charge in [0.2, 0.25) is 0 Å². The number of benzene rings is 1. The quantitative estimate of drug-likeness (QED) is 0.130. The van der Waals surface area contributed by atoms with E-state index in [1.165, 1.54) is 25.0 Å². The molecule has 2 rings (SSSR count). The number of hydrogen-bond donors (Lipinski definition) is 1. The summed E-state index contributed by atoms with van der Waals surface area (Å²) in [5, 5.41) is 6.60. The van der Waals surface area contributed by atoms with E-state index >= 15 is 0 Å². The first-order valence-corrected chi connectivity index (χ1v) is 15.9. The monoisotopic (exact) mass is 657 g/mol. The molecule has 0 unspecified atom stereocenters. The Labute approximate surface area is 263 Å². The molecule has 1 aromatic heterocycles. The average molecular weight is 658 g/mol. The SMILES string of the molecule is COC(=O)[C@H](Cc1ccc(-c2c(OCCOCCOCCOCCOS(C)(=O)=O)cnn(C)c2=O)cc1)NC(=O)OC(C)(C)C. The Morgan fingerprint density at radius 1 is 0.933 bits per heavy atom. The zero-order valence-corrected chi connectivity index (χ0v) is 27.3. The van der Waals surface area contributed by atoms with E-state index in [1.807, 2.05) is 0 Å². The molecular weight excluding hydrogens is 614 g/mol. The predicted molar refractivity (Wildman–Crippen MR) is 163 cm³/mol. The molecule has 0 fully saturated rings. The van der Waals surface area contributed by atoms with Gasteiger partial charge in [0.15, 0.2) is 5.75 Å². The Morgan fingerprint density at radius 3 is 2.02 bits per heavy atom. The van der Waals surface area contributed by atoms with Crippen LogP contribution in [0.4, 0.5) is 4.79 Å². The molecule has 0 aliphatic carbocycles. The summed E-state index contributed by atoms with van der Waals surface area (Å²) >= 11 is 0. The highest BCUT2D eigenvalue weighted by Crippen LogP contribution is 2.26. The number of esters is 1. The summed E-state index contributed by atoms with van der Waals surface area (Å²) in [6.45, 7) is 6.84. The molecule has 252 valence electrons. The van der Waals surface area contributed by atoms with E-state index in [9.17, 15) is 22.8 Å². The smallest absolute Gasteiger partial charge is 0.408 e. The third-order valence-electron chi connectivity index (χ3n) is 5.72. The van der Waals surface area contributed by atoms with Gasteiger partial charge in [0.05, 0.1) is 71.4 Å². The maximum Gasteiger partial charge on any atom is 0.408 e. The van der Waals surface area contributed by atoms with E-state index in [1.54, 1.807) is 45.0 Å². The van der Waals surface area contributed by atoms with Crippen LogP contribution < -0.4 is 15.6 Å². The first-order chi connectivity index (χ1) is 21.2. The third kappa shape index (κ3) is 14.8. The Morgan fingerprint density at radius 2 is 1.49 bits per heavy atom. The lowest BCUT2D eigenvalue weighted by Gasteiger charge is -2.22. The van der Waals surface area contributed by atoms with Gasteiger partial charge in [-0.05, 0) is 31.9 Å². The normalized spacial score (nSPS) is 12.4. The number of nitrogens with zero attached hydrogens (tertiary/aromatic N) is 2. The van der Waals surface area contributed by atoms with Crippen molar-refractivity contribution in [1.29, 1.82) is 0 Å². The van der Waals surface area contributed by atoms with Gasteiger partial charge in [-0.15, -0.1) is 0 Å². The molecule has 0 aliphatic heterocycles. The fourth-order valence-electron chi connectivity index (χ4n) is 3.72. The zero-order chi connectivity index (χ0) is 33.5. The summed E-state index contributed by atoms with van der Waals surface area (Å²) in [5.74, 6) is -0.345. The fraction of sp³-hybridized carbons (Fsp3) is 0.586. The van der Waals surface area contributed by atoms with Gasteiger partial charge >= 0.3 is 12.1 Å². The van der Waals surface area contributed by atoms with Crippen molar-refractivity contribution >= 4 is 22.2 Å². The number of aromatic nitrogens is 2. The summed E-state index contributed by atoms with van der Waals surface area (Å²) in [5.41, 5.74) is 0.495. The zero-order valence-electron chi connectivity index (χ0n) is 26.5. The highest BCUT2D eigenvalue weighted by molar-refractivity contribution is 7.85. The molecule has 1 N–H and O–H groups in total. The topological polar surface area (TPSA) is 180 Å². The van der Waals surface area contributed by atoms with Gasteiger partial charge in [0.1, 0.15) is 18.2 Å². The lowest BCUT2D eigenvalue weighted by atomic mass is 10.0. The number of aryl methyl sites for hydroxylation is 1. The van der Waals surface area contributed by atoms with Gasteiger partial charge in [-0.1, -0.05) is 24.3 Å². The molecule has 0 bridgehead atoms. The van der Waals surface area contributed by atoms with Crippen LogP contribution in [0.1, 0.15) is 26.3 Å². The van der Waals surface area contributed by atoms with Crippen molar-refractivity contribution in [2.24, 2.45) is 7.05 Å². The first kappa shape index (κ1) is 37.6. The maximum atomic E-state index is 13.0. The standard InChI is InChI=1S/C29H43N3O12S/c1-29(2,3)44-28(35)31-23(27(34)38-5)19-21-7-9-22(10-8-21)25-24(20-30-32(4)26(25)33)42-17-15-40-13-11-39-12-14-41-16-18-43-45(6,36)37/h7-10,20,23H,11-19H2,1-6H3,(H,31,35)/t23-/m0/s1. The number of carbonyl (C=O) groups is 2. The minimum atomic E-state index is -3.48. The van der Waals surface area contributed by atoms with Crippen LogP contribution in [-0.2, 0) is 56.2 Å². The van der Waals surface area contributed by atoms with E-state index in [0.717, 1.165) is 6.26 Å². The van der Waals surface area contributed by atoms with Gasteiger partial charge in [-0.25, -0.2) is 14.3 Å². The molecule has 16 heteroatoms. The van der Waals surface area contributed by atoms with E-state index < -0.39 is 33.8 Å². The van der Waals surface area contributed by atoms with E-state index in [0.29, 0.717) is 36.5 Å². The van der Waals surface area contributed by atoms with Gasteiger partial charge < -0.3 is 33.7 Å². The van der Waals surface area contributed by atoms with Gasteiger partial charge in [0, 0.05) is 13.5 Å². The largest absolute Gasteiger partial charge is 0.489 e. The lowest BCUT2D eigenvalue weighted by Crippen LogP contribution is -2.45. The van der Waals surface area contributed by atoms with Crippen LogP contribution in [0.3, 0.4) is 0 Å². The molecule has 15 nitrogen and oxygen atoms in total. The van der Waals surface area contributed by atoms with Crippen molar-refractivity contribution in [2.75, 3.05) is 66.2 Å². The number of alkyl carbamates (subject to hydrolysis) is 1. The Hall–Kier alpha value is -3.57. The number of methoxy groups -OCH3 is 1. The van der Waals surface area contributed by atoms with Crippen molar-refractivity contribution in [1.82, 2.24) is 15.1 Å². The van der Waals surface area contributed by atoms with E-state index in [-0.39, 0.29) is 50.8 Å². The molecule has 45 heavy (non-hydrogen) atoms. The lowest BCUT2D eigenvalue weighted by molar-refractivity contribution is -0.143. The minimum absolute atomic E-state index is 0.0510. The van der Waals surface area contributed by atoms with Crippen LogP contribution in [0, 0.1) is 0 Å². The summed E-state index contributed by atoms with van der Waals surface area (Å²) in [4.78, 5) is 37.5. The van der Waals surface area contributed by atoms with Crippen LogP contribution in [0.25, 0.3) is 11.1 Å². The fourth-order valence-corrected chi connectivity index (χ4v) is 4.09. The number of ether oxygens (including phenoxy) is 6. The van der Waals surface area contributed by atoms with Crippen molar-refractivity contribution in [3.05, 3.63) is 46.4 Å². The maximum absolute atomic E-state index is 13.0. The summed E-state index contributed by atoms with van der Waals surface area (Å²) in [6.07, 6.45) is 1.82. The molecule has 2 aromatic rings. The van der Waals surface area contributed by atoms with Gasteiger partial charge in [-0.2, -0.15) is 13.5 Å². The van der Waals surface area contributed by atoms with Gasteiger partial charge in [0.25, 0.3) is 15.7 Å². The number of hydrogen-bond acceptors (Lipinski definition) is 13. The van der Waals surface area contributed by atoms with E-state index in [2.05, 4.69) is 14.6 Å². The van der Waals surface area contributed by atoms with Crippen molar-refractivity contribution < 1.29 is 50.6 Å². The van der Waals surface area contributed by atoms with E-state index in [4.69, 9.17) is 28.4 Å². The molecule has 1 amide bonds. The Balaban J connectivity index is 1.87. The summed E-state index contributed by atoms with van der Waals surface area (Å²) < 4.78 is 59.5. The second kappa shape index (κ2) is 18.4. The molecule has 0 radical (unpaired) electrons. The van der Waals surface area contributed by atoms with Crippen LogP contribution in [0.5, 0.6) is 5.75 Å². The average Bonchev–Trinajstić information content (AvgIpc) is 2.95. The number of amides is 1. The minimum Gasteiger partial charge on any atom is -0.489 e. The Bertz CT molecular complexity index is 1390. The summed E-state index contributed by atoms with van der Waals surface area (Å²) in [7, 11) is -0.709.